The standard InChI is InChI=1S/C11H11N3O3S/c1-17-10-4-2-8(6-13-10)12-7-9-3-5-11(18-9)14(15)16/h2-6,12H,7H2,1H3. The van der Waals surface area contributed by atoms with Gasteiger partial charge in [-0.2, -0.15) is 0 Å². The van der Waals surface area contributed by atoms with Gasteiger partial charge >= 0.3 is 5.00 Å². The van der Waals surface area contributed by atoms with E-state index in [0.29, 0.717) is 12.4 Å². The Morgan fingerprint density at radius 2 is 2.28 bits per heavy atom. The fourth-order valence-electron chi connectivity index (χ4n) is 1.35. The van der Waals surface area contributed by atoms with Gasteiger partial charge in [0, 0.05) is 23.6 Å². The number of rotatable bonds is 5. The Kier molecular flexibility index (Phi) is 3.73. The highest BCUT2D eigenvalue weighted by Crippen LogP contribution is 2.24. The van der Waals surface area contributed by atoms with E-state index >= 15 is 0 Å². The molecule has 0 aliphatic carbocycles. The molecule has 2 aromatic heterocycles. The van der Waals surface area contributed by atoms with Crippen LogP contribution in [0.2, 0.25) is 0 Å². The van der Waals surface area contributed by atoms with Crippen LogP contribution in [0.5, 0.6) is 5.88 Å². The molecule has 94 valence electrons. The van der Waals surface area contributed by atoms with Crippen molar-refractivity contribution in [3.8, 4) is 5.88 Å². The van der Waals surface area contributed by atoms with Crippen LogP contribution in [-0.2, 0) is 6.54 Å². The van der Waals surface area contributed by atoms with Gasteiger partial charge in [0.1, 0.15) is 0 Å². The minimum atomic E-state index is -0.386. The smallest absolute Gasteiger partial charge is 0.324 e. The van der Waals surface area contributed by atoms with Crippen LogP contribution in [0.4, 0.5) is 10.7 Å². The number of hydrogen-bond donors (Lipinski definition) is 1. The van der Waals surface area contributed by atoms with Crippen LogP contribution in [0.3, 0.4) is 0 Å². The molecular formula is C11H11N3O3S. The van der Waals surface area contributed by atoms with E-state index in [0.717, 1.165) is 21.9 Å². The van der Waals surface area contributed by atoms with Gasteiger partial charge in [0.2, 0.25) is 5.88 Å². The average molecular weight is 265 g/mol. The molecule has 0 aliphatic rings. The molecule has 2 rings (SSSR count). The Balaban J connectivity index is 1.95. The lowest BCUT2D eigenvalue weighted by molar-refractivity contribution is -0.380. The van der Waals surface area contributed by atoms with Crippen molar-refractivity contribution < 1.29 is 9.66 Å². The summed E-state index contributed by atoms with van der Waals surface area (Å²) in [6.07, 6.45) is 1.65. The molecule has 0 amide bonds. The summed E-state index contributed by atoms with van der Waals surface area (Å²) in [5.74, 6) is 0.548. The van der Waals surface area contributed by atoms with E-state index in [-0.39, 0.29) is 9.92 Å². The van der Waals surface area contributed by atoms with Gasteiger partial charge in [-0.3, -0.25) is 10.1 Å². The molecule has 7 heteroatoms. The van der Waals surface area contributed by atoms with Crippen molar-refractivity contribution in [3.05, 3.63) is 45.5 Å². The quantitative estimate of drug-likeness (QED) is 0.664. The third kappa shape index (κ3) is 2.95. The van der Waals surface area contributed by atoms with Gasteiger partial charge in [0.05, 0.1) is 23.9 Å². The zero-order valence-corrected chi connectivity index (χ0v) is 10.4. The SMILES string of the molecule is COc1ccc(NCc2ccc([N+](=O)[O-])s2)cn1. The second-order valence-electron chi connectivity index (χ2n) is 3.44. The van der Waals surface area contributed by atoms with Gasteiger partial charge in [-0.15, -0.1) is 0 Å². The Hall–Kier alpha value is -2.15. The Morgan fingerprint density at radius 3 is 2.83 bits per heavy atom. The summed E-state index contributed by atoms with van der Waals surface area (Å²) < 4.78 is 4.95. The predicted molar refractivity (Wildman–Crippen MR) is 69.1 cm³/mol. The van der Waals surface area contributed by atoms with Crippen LogP contribution >= 0.6 is 11.3 Å². The van der Waals surface area contributed by atoms with Crippen molar-refractivity contribution in [1.82, 2.24) is 4.98 Å². The van der Waals surface area contributed by atoms with Crippen molar-refractivity contribution in [2.24, 2.45) is 0 Å². The van der Waals surface area contributed by atoms with Gasteiger partial charge in [-0.05, 0) is 12.1 Å². The fraction of sp³-hybridized carbons (Fsp3) is 0.182. The highest BCUT2D eigenvalue weighted by atomic mass is 32.1. The zero-order valence-electron chi connectivity index (χ0n) is 9.62. The maximum atomic E-state index is 10.5. The second-order valence-corrected chi connectivity index (χ2v) is 4.59. The molecule has 0 saturated heterocycles. The molecule has 1 N–H and O–H groups in total. The van der Waals surface area contributed by atoms with E-state index < -0.39 is 0 Å². The maximum Gasteiger partial charge on any atom is 0.324 e. The van der Waals surface area contributed by atoms with Gasteiger partial charge in [-0.1, -0.05) is 11.3 Å². The number of nitro groups is 1. The lowest BCUT2D eigenvalue weighted by Crippen LogP contribution is -1.98. The summed E-state index contributed by atoms with van der Waals surface area (Å²) in [4.78, 5) is 15.1. The van der Waals surface area contributed by atoms with E-state index in [1.165, 1.54) is 6.07 Å². The monoisotopic (exact) mass is 265 g/mol. The van der Waals surface area contributed by atoms with Gasteiger partial charge in [-0.25, -0.2) is 4.98 Å². The number of hydrogen-bond acceptors (Lipinski definition) is 6. The number of pyridine rings is 1. The molecule has 0 bridgehead atoms. The lowest BCUT2D eigenvalue weighted by Gasteiger charge is -2.04. The van der Waals surface area contributed by atoms with Gasteiger partial charge in [0.25, 0.3) is 0 Å². The summed E-state index contributed by atoms with van der Waals surface area (Å²) in [5, 5.41) is 13.8. The Morgan fingerprint density at radius 1 is 1.44 bits per heavy atom. The van der Waals surface area contributed by atoms with Crippen LogP contribution in [0.15, 0.2) is 30.5 Å². The predicted octanol–water partition coefficient (Wildman–Crippen LogP) is 2.67. The third-order valence-electron chi connectivity index (χ3n) is 2.24. The molecule has 6 nitrogen and oxygen atoms in total. The first-order valence-electron chi connectivity index (χ1n) is 5.16. The maximum absolute atomic E-state index is 10.5. The van der Waals surface area contributed by atoms with Gasteiger partial charge in [0.15, 0.2) is 0 Å². The molecule has 0 fully saturated rings. The number of aromatic nitrogens is 1. The van der Waals surface area contributed by atoms with Gasteiger partial charge < -0.3 is 10.1 Å². The van der Waals surface area contributed by atoms with E-state index in [1.807, 2.05) is 6.07 Å². The normalized spacial score (nSPS) is 10.1. The summed E-state index contributed by atoms with van der Waals surface area (Å²) in [6, 6.07) is 6.84. The number of ether oxygens (including phenoxy) is 1. The number of methoxy groups -OCH3 is 1. The minimum Gasteiger partial charge on any atom is -0.481 e. The van der Waals surface area contributed by atoms with Crippen LogP contribution in [-0.4, -0.2) is 17.0 Å². The highest BCUT2D eigenvalue weighted by Gasteiger charge is 2.09. The van der Waals surface area contributed by atoms with Crippen molar-refractivity contribution in [2.45, 2.75) is 6.54 Å². The first-order chi connectivity index (χ1) is 8.69. The number of nitrogens with one attached hydrogen (secondary N) is 1. The molecule has 0 spiro atoms. The molecule has 0 atom stereocenters. The summed E-state index contributed by atoms with van der Waals surface area (Å²) >= 11 is 1.16. The molecule has 2 aromatic rings. The molecule has 0 radical (unpaired) electrons. The summed E-state index contributed by atoms with van der Waals surface area (Å²) in [5.41, 5.74) is 0.840. The van der Waals surface area contributed by atoms with E-state index in [1.54, 1.807) is 25.4 Å². The van der Waals surface area contributed by atoms with E-state index in [4.69, 9.17) is 4.74 Å². The van der Waals surface area contributed by atoms with Crippen LogP contribution < -0.4 is 10.1 Å². The average Bonchev–Trinajstić information content (AvgIpc) is 2.86. The highest BCUT2D eigenvalue weighted by molar-refractivity contribution is 7.15. The Bertz CT molecular complexity index is 539. The van der Waals surface area contributed by atoms with Crippen LogP contribution in [0.25, 0.3) is 0 Å². The first-order valence-corrected chi connectivity index (χ1v) is 5.97. The molecule has 0 unspecified atom stereocenters. The van der Waals surface area contributed by atoms with Crippen LogP contribution in [0.1, 0.15) is 4.88 Å². The molecular weight excluding hydrogens is 254 g/mol. The molecule has 0 aromatic carbocycles. The lowest BCUT2D eigenvalue weighted by atomic mass is 10.4. The minimum absolute atomic E-state index is 0.152. The Labute approximate surface area is 107 Å². The fourth-order valence-corrected chi connectivity index (χ4v) is 2.11. The number of thiophene rings is 1. The summed E-state index contributed by atoms with van der Waals surface area (Å²) in [6.45, 7) is 0.534. The van der Waals surface area contributed by atoms with Crippen molar-refractivity contribution in [1.29, 1.82) is 0 Å². The van der Waals surface area contributed by atoms with Crippen LogP contribution in [0, 0.1) is 10.1 Å². The number of anilines is 1. The van der Waals surface area contributed by atoms with Crippen molar-refractivity contribution in [3.63, 3.8) is 0 Å². The molecule has 18 heavy (non-hydrogen) atoms. The van der Waals surface area contributed by atoms with E-state index in [9.17, 15) is 10.1 Å². The molecule has 0 aliphatic heterocycles. The third-order valence-corrected chi connectivity index (χ3v) is 3.28. The number of nitrogens with zero attached hydrogens (tertiary/aromatic N) is 2. The second kappa shape index (κ2) is 5.46. The zero-order chi connectivity index (χ0) is 13.0. The van der Waals surface area contributed by atoms with Crippen molar-refractivity contribution >= 4 is 22.0 Å². The van der Waals surface area contributed by atoms with E-state index in [2.05, 4.69) is 10.3 Å². The topological polar surface area (TPSA) is 77.3 Å². The molecule has 2 heterocycles. The largest absolute Gasteiger partial charge is 0.481 e. The molecule has 0 saturated carbocycles. The summed E-state index contributed by atoms with van der Waals surface area (Å²) in [7, 11) is 1.56. The van der Waals surface area contributed by atoms with Crippen molar-refractivity contribution in [2.75, 3.05) is 12.4 Å². The first kappa shape index (κ1) is 12.3.